The Morgan fingerprint density at radius 2 is 2.29 bits per heavy atom. The summed E-state index contributed by atoms with van der Waals surface area (Å²) in [5, 5.41) is 8.91. The first-order valence-electron chi connectivity index (χ1n) is 4.48. The van der Waals surface area contributed by atoms with Gasteiger partial charge >= 0.3 is 0 Å². The van der Waals surface area contributed by atoms with Gasteiger partial charge in [0.05, 0.1) is 24.3 Å². The number of hydrogen-bond donors (Lipinski definition) is 2. The molecule has 0 radical (unpaired) electrons. The topological polar surface area (TPSA) is 81.3 Å². The van der Waals surface area contributed by atoms with Crippen LogP contribution in [0.3, 0.4) is 0 Å². The second kappa shape index (κ2) is 4.88. The summed E-state index contributed by atoms with van der Waals surface area (Å²) >= 11 is 0. The van der Waals surface area contributed by atoms with Crippen molar-refractivity contribution in [1.29, 1.82) is 0 Å². The molecule has 1 aromatic heterocycles. The van der Waals surface area contributed by atoms with Crippen LogP contribution in [0.4, 0.5) is 0 Å². The number of nitrogens with zero attached hydrogens (tertiary/aromatic N) is 2. The van der Waals surface area contributed by atoms with Gasteiger partial charge in [-0.05, 0) is 13.8 Å². The third-order valence-corrected chi connectivity index (χ3v) is 1.65. The Morgan fingerprint density at radius 3 is 2.86 bits per heavy atom. The molecule has 1 aromatic rings. The summed E-state index contributed by atoms with van der Waals surface area (Å²) in [6, 6.07) is -0.495. The molecule has 0 aliphatic rings. The van der Waals surface area contributed by atoms with Crippen LogP contribution in [-0.4, -0.2) is 27.8 Å². The molecule has 0 aromatic carbocycles. The normalized spacial score (nSPS) is 12.9. The molecule has 1 atom stereocenters. The summed E-state index contributed by atoms with van der Waals surface area (Å²) in [5.74, 6) is 0.441. The third-order valence-electron chi connectivity index (χ3n) is 1.65. The predicted octanol–water partition coefficient (Wildman–Crippen LogP) is 0.256. The van der Waals surface area contributed by atoms with Crippen LogP contribution >= 0.6 is 0 Å². The Labute approximate surface area is 82.9 Å². The SMILES string of the molecule is CC(C)Oc1ncncc1C(N)CO. The van der Waals surface area contributed by atoms with Crippen LogP contribution < -0.4 is 10.5 Å². The Balaban J connectivity index is 2.91. The molecule has 0 spiro atoms. The predicted molar refractivity (Wildman–Crippen MR) is 51.8 cm³/mol. The summed E-state index contributed by atoms with van der Waals surface area (Å²) < 4.78 is 5.43. The van der Waals surface area contributed by atoms with Crippen molar-refractivity contribution < 1.29 is 9.84 Å². The quantitative estimate of drug-likeness (QED) is 0.723. The number of hydrogen-bond acceptors (Lipinski definition) is 5. The summed E-state index contributed by atoms with van der Waals surface area (Å²) in [6.45, 7) is 3.65. The van der Waals surface area contributed by atoms with Crippen LogP contribution in [0.15, 0.2) is 12.5 Å². The average Bonchev–Trinajstić information content (AvgIpc) is 2.16. The lowest BCUT2D eigenvalue weighted by molar-refractivity contribution is 0.220. The van der Waals surface area contributed by atoms with E-state index in [0.29, 0.717) is 11.4 Å². The van der Waals surface area contributed by atoms with E-state index in [0.717, 1.165) is 0 Å². The fraction of sp³-hybridized carbons (Fsp3) is 0.556. The lowest BCUT2D eigenvalue weighted by atomic mass is 10.2. The van der Waals surface area contributed by atoms with E-state index < -0.39 is 6.04 Å². The maximum absolute atomic E-state index is 8.91. The highest BCUT2D eigenvalue weighted by molar-refractivity contribution is 5.25. The van der Waals surface area contributed by atoms with E-state index in [-0.39, 0.29) is 12.7 Å². The molecular formula is C9H15N3O2. The minimum Gasteiger partial charge on any atom is -0.475 e. The molecule has 78 valence electrons. The smallest absolute Gasteiger partial charge is 0.221 e. The van der Waals surface area contributed by atoms with E-state index in [1.54, 1.807) is 6.20 Å². The number of aromatic nitrogens is 2. The molecule has 0 saturated heterocycles. The second-order valence-corrected chi connectivity index (χ2v) is 3.24. The number of aliphatic hydroxyl groups excluding tert-OH is 1. The van der Waals surface area contributed by atoms with Crippen molar-refractivity contribution >= 4 is 0 Å². The van der Waals surface area contributed by atoms with Crippen LogP contribution in [0.25, 0.3) is 0 Å². The van der Waals surface area contributed by atoms with Crippen LogP contribution in [0.2, 0.25) is 0 Å². The minimum absolute atomic E-state index is 0.0227. The summed E-state index contributed by atoms with van der Waals surface area (Å²) in [5.41, 5.74) is 6.29. The van der Waals surface area contributed by atoms with Crippen molar-refractivity contribution in [3.05, 3.63) is 18.1 Å². The fourth-order valence-electron chi connectivity index (χ4n) is 1.00. The third kappa shape index (κ3) is 2.65. The van der Waals surface area contributed by atoms with Crippen molar-refractivity contribution in [3.63, 3.8) is 0 Å². The number of nitrogens with two attached hydrogens (primary N) is 1. The zero-order valence-corrected chi connectivity index (χ0v) is 8.34. The van der Waals surface area contributed by atoms with E-state index in [4.69, 9.17) is 15.6 Å². The Bertz CT molecular complexity index is 291. The van der Waals surface area contributed by atoms with Gasteiger partial charge in [-0.2, -0.15) is 0 Å². The van der Waals surface area contributed by atoms with E-state index in [2.05, 4.69) is 9.97 Å². The molecule has 1 unspecified atom stereocenters. The van der Waals surface area contributed by atoms with Gasteiger partial charge in [0.1, 0.15) is 6.33 Å². The zero-order valence-electron chi connectivity index (χ0n) is 8.34. The number of ether oxygens (including phenoxy) is 1. The van der Waals surface area contributed by atoms with Gasteiger partial charge in [0.25, 0.3) is 0 Å². The first-order chi connectivity index (χ1) is 6.65. The summed E-state index contributed by atoms with van der Waals surface area (Å²) in [7, 11) is 0. The maximum atomic E-state index is 8.91. The molecule has 5 heteroatoms. The highest BCUT2D eigenvalue weighted by Gasteiger charge is 2.13. The van der Waals surface area contributed by atoms with E-state index in [1.807, 2.05) is 13.8 Å². The Kier molecular flexibility index (Phi) is 3.79. The molecule has 1 heterocycles. The molecule has 0 bridgehead atoms. The lowest BCUT2D eigenvalue weighted by Crippen LogP contribution is -2.18. The Hall–Kier alpha value is -1.20. The van der Waals surface area contributed by atoms with Gasteiger partial charge < -0.3 is 15.6 Å². The van der Waals surface area contributed by atoms with E-state index in [9.17, 15) is 0 Å². The first kappa shape index (κ1) is 10.9. The van der Waals surface area contributed by atoms with Crippen LogP contribution in [0, 0.1) is 0 Å². The van der Waals surface area contributed by atoms with Gasteiger partial charge in [0.15, 0.2) is 0 Å². The molecule has 0 saturated carbocycles. The van der Waals surface area contributed by atoms with Crippen LogP contribution in [0.1, 0.15) is 25.5 Å². The highest BCUT2D eigenvalue weighted by atomic mass is 16.5. The summed E-state index contributed by atoms with van der Waals surface area (Å²) in [6.07, 6.45) is 2.98. The zero-order chi connectivity index (χ0) is 10.6. The minimum atomic E-state index is -0.495. The van der Waals surface area contributed by atoms with Gasteiger partial charge in [-0.25, -0.2) is 9.97 Å². The molecule has 14 heavy (non-hydrogen) atoms. The van der Waals surface area contributed by atoms with Crippen molar-refractivity contribution in [3.8, 4) is 5.88 Å². The average molecular weight is 197 g/mol. The van der Waals surface area contributed by atoms with Gasteiger partial charge in [-0.15, -0.1) is 0 Å². The summed E-state index contributed by atoms with van der Waals surface area (Å²) in [4.78, 5) is 7.80. The van der Waals surface area contributed by atoms with Gasteiger partial charge in [-0.3, -0.25) is 0 Å². The largest absolute Gasteiger partial charge is 0.475 e. The lowest BCUT2D eigenvalue weighted by Gasteiger charge is -2.15. The molecule has 0 amide bonds. The van der Waals surface area contributed by atoms with Crippen LogP contribution in [-0.2, 0) is 0 Å². The first-order valence-corrected chi connectivity index (χ1v) is 4.48. The van der Waals surface area contributed by atoms with Crippen molar-refractivity contribution in [2.24, 2.45) is 5.73 Å². The molecule has 0 fully saturated rings. The maximum Gasteiger partial charge on any atom is 0.221 e. The molecule has 0 aliphatic carbocycles. The van der Waals surface area contributed by atoms with Crippen LogP contribution in [0.5, 0.6) is 5.88 Å². The molecular weight excluding hydrogens is 182 g/mol. The van der Waals surface area contributed by atoms with Gasteiger partial charge in [0.2, 0.25) is 5.88 Å². The van der Waals surface area contributed by atoms with Gasteiger partial charge in [0, 0.05) is 6.20 Å². The Morgan fingerprint density at radius 1 is 1.57 bits per heavy atom. The number of aliphatic hydroxyl groups is 1. The van der Waals surface area contributed by atoms with E-state index >= 15 is 0 Å². The van der Waals surface area contributed by atoms with Gasteiger partial charge in [-0.1, -0.05) is 0 Å². The molecule has 0 aliphatic heterocycles. The van der Waals surface area contributed by atoms with Crippen molar-refractivity contribution in [1.82, 2.24) is 9.97 Å². The standard InChI is InChI=1S/C9H15N3O2/c1-6(2)14-9-7(8(10)4-13)3-11-5-12-9/h3,5-6,8,13H,4,10H2,1-2H3. The number of rotatable bonds is 4. The van der Waals surface area contributed by atoms with Crippen molar-refractivity contribution in [2.45, 2.75) is 26.0 Å². The monoisotopic (exact) mass is 197 g/mol. The fourth-order valence-corrected chi connectivity index (χ4v) is 1.00. The van der Waals surface area contributed by atoms with E-state index in [1.165, 1.54) is 6.33 Å². The van der Waals surface area contributed by atoms with Crippen molar-refractivity contribution in [2.75, 3.05) is 6.61 Å². The highest BCUT2D eigenvalue weighted by Crippen LogP contribution is 2.20. The molecule has 1 rings (SSSR count). The molecule has 3 N–H and O–H groups in total. The molecule has 5 nitrogen and oxygen atoms in total. The second-order valence-electron chi connectivity index (χ2n) is 3.24.